The van der Waals surface area contributed by atoms with E-state index in [-0.39, 0.29) is 11.2 Å². The van der Waals surface area contributed by atoms with Gasteiger partial charge in [-0.2, -0.15) is 0 Å². The van der Waals surface area contributed by atoms with Crippen LogP contribution in [0, 0.1) is 11.9 Å². The first-order valence-electron chi connectivity index (χ1n) is 3.85. The van der Waals surface area contributed by atoms with Crippen molar-refractivity contribution < 1.29 is 4.39 Å². The molecule has 2 rings (SSSR count). The van der Waals surface area contributed by atoms with Crippen LogP contribution in [0.2, 0.25) is 0 Å². The number of hydrogen-bond acceptors (Lipinski definition) is 1. The first kappa shape index (κ1) is 7.98. The molecule has 2 aromatic rings. The van der Waals surface area contributed by atoms with Crippen molar-refractivity contribution in [3.63, 3.8) is 0 Å². The van der Waals surface area contributed by atoms with Gasteiger partial charge in [0, 0.05) is 18.6 Å². The Morgan fingerprint density at radius 1 is 1.46 bits per heavy atom. The minimum absolute atomic E-state index is 0.201. The third-order valence-electron chi connectivity index (χ3n) is 1.97. The first-order chi connectivity index (χ1) is 6.18. The molecule has 0 unspecified atom stereocenters. The van der Waals surface area contributed by atoms with Gasteiger partial charge >= 0.3 is 0 Å². The van der Waals surface area contributed by atoms with E-state index in [2.05, 4.69) is 6.07 Å². The number of nitrogens with zero attached hydrogens (tertiary/aromatic N) is 1. The lowest BCUT2D eigenvalue weighted by Gasteiger charge is -2.02. The monoisotopic (exact) mass is 176 g/mol. The summed E-state index contributed by atoms with van der Waals surface area (Å²) in [6.45, 7) is 0. The number of aromatic nitrogens is 1. The van der Waals surface area contributed by atoms with E-state index in [1.807, 2.05) is 0 Å². The van der Waals surface area contributed by atoms with E-state index in [1.54, 1.807) is 11.6 Å². The van der Waals surface area contributed by atoms with Gasteiger partial charge in [-0.25, -0.2) is 4.39 Å². The number of rotatable bonds is 0. The number of halogens is 1. The summed E-state index contributed by atoms with van der Waals surface area (Å²) < 4.78 is 14.5. The van der Waals surface area contributed by atoms with E-state index in [0.29, 0.717) is 10.9 Å². The molecule has 2 nitrogen and oxygen atoms in total. The van der Waals surface area contributed by atoms with Crippen LogP contribution in [0.4, 0.5) is 4.39 Å². The Labute approximate surface area is 74.2 Å². The molecule has 0 aliphatic carbocycles. The van der Waals surface area contributed by atoms with Crippen LogP contribution < -0.4 is 5.43 Å². The van der Waals surface area contributed by atoms with Crippen molar-refractivity contribution in [3.05, 3.63) is 46.5 Å². The molecule has 1 aromatic heterocycles. The number of hydrogen-bond donors (Lipinski definition) is 0. The van der Waals surface area contributed by atoms with Crippen molar-refractivity contribution in [3.8, 4) is 0 Å². The van der Waals surface area contributed by atoms with Crippen molar-refractivity contribution in [1.82, 2.24) is 4.57 Å². The highest BCUT2D eigenvalue weighted by molar-refractivity contribution is 5.78. The van der Waals surface area contributed by atoms with Gasteiger partial charge in [-0.3, -0.25) is 4.79 Å². The van der Waals surface area contributed by atoms with Gasteiger partial charge in [-0.05, 0) is 18.2 Å². The van der Waals surface area contributed by atoms with Crippen molar-refractivity contribution in [2.75, 3.05) is 0 Å². The van der Waals surface area contributed by atoms with Crippen LogP contribution in [0.5, 0.6) is 0 Å². The number of aryl methyl sites for hydroxylation is 1. The normalized spacial score (nSPS) is 10.6. The van der Waals surface area contributed by atoms with Gasteiger partial charge in [0.15, 0.2) is 5.43 Å². The molecular formula is C10H7FNO. The summed E-state index contributed by atoms with van der Waals surface area (Å²) in [5, 5.41) is 0.492. The minimum Gasteiger partial charge on any atom is -0.350 e. The van der Waals surface area contributed by atoms with E-state index >= 15 is 0 Å². The van der Waals surface area contributed by atoms with Crippen LogP contribution in [-0.2, 0) is 7.05 Å². The maximum atomic E-state index is 12.8. The van der Waals surface area contributed by atoms with Crippen LogP contribution in [0.1, 0.15) is 0 Å². The molecule has 0 saturated heterocycles. The van der Waals surface area contributed by atoms with Crippen molar-refractivity contribution in [2.45, 2.75) is 0 Å². The largest absolute Gasteiger partial charge is 0.350 e. The molecule has 0 amide bonds. The molecule has 65 valence electrons. The second-order valence-corrected chi connectivity index (χ2v) is 2.87. The predicted octanol–water partition coefficient (Wildman–Crippen LogP) is 1.48. The average molecular weight is 176 g/mol. The van der Waals surface area contributed by atoms with Crippen molar-refractivity contribution in [1.29, 1.82) is 0 Å². The lowest BCUT2D eigenvalue weighted by Crippen LogP contribution is -2.05. The third kappa shape index (κ3) is 1.22. The predicted molar refractivity (Wildman–Crippen MR) is 48.0 cm³/mol. The van der Waals surface area contributed by atoms with E-state index in [9.17, 15) is 9.18 Å². The third-order valence-corrected chi connectivity index (χ3v) is 1.97. The zero-order chi connectivity index (χ0) is 9.42. The lowest BCUT2D eigenvalue weighted by molar-refractivity contribution is 0.628. The molecule has 3 heteroatoms. The van der Waals surface area contributed by atoms with E-state index in [1.165, 1.54) is 24.4 Å². The highest BCUT2D eigenvalue weighted by atomic mass is 19.1. The smallest absolute Gasteiger partial charge is 0.197 e. The Hall–Kier alpha value is -1.64. The van der Waals surface area contributed by atoms with Crippen LogP contribution in [-0.4, -0.2) is 4.57 Å². The molecule has 1 radical (unpaired) electrons. The van der Waals surface area contributed by atoms with Crippen LogP contribution in [0.15, 0.2) is 29.2 Å². The Bertz CT molecular complexity index is 516. The van der Waals surface area contributed by atoms with E-state index < -0.39 is 0 Å². The highest BCUT2D eigenvalue weighted by Crippen LogP contribution is 2.10. The standard InChI is InChI=1S/C10H7FNO/c1-12-5-4-10(13)8-3-2-7(11)6-9(8)12/h2-3,5-6H,1H3. The Balaban J connectivity index is 3.01. The number of pyridine rings is 1. The summed E-state index contributed by atoms with van der Waals surface area (Å²) in [7, 11) is 1.75. The molecule has 0 spiro atoms. The fourth-order valence-electron chi connectivity index (χ4n) is 1.29. The molecule has 0 fully saturated rings. The lowest BCUT2D eigenvalue weighted by atomic mass is 10.2. The second-order valence-electron chi connectivity index (χ2n) is 2.87. The zero-order valence-corrected chi connectivity index (χ0v) is 7.04. The summed E-state index contributed by atoms with van der Waals surface area (Å²) in [6.07, 6.45) is 1.50. The molecule has 1 heterocycles. The van der Waals surface area contributed by atoms with Crippen LogP contribution in [0.3, 0.4) is 0 Å². The van der Waals surface area contributed by atoms with Crippen molar-refractivity contribution in [2.24, 2.45) is 7.05 Å². The molecule has 1 aromatic carbocycles. The minimum atomic E-state index is -0.339. The number of benzene rings is 1. The topological polar surface area (TPSA) is 22.0 Å². The number of fused-ring (bicyclic) bond motifs is 1. The van der Waals surface area contributed by atoms with Crippen LogP contribution in [0.25, 0.3) is 10.9 Å². The fraction of sp³-hybridized carbons (Fsp3) is 0.100. The van der Waals surface area contributed by atoms with Gasteiger partial charge < -0.3 is 4.57 Å². The zero-order valence-electron chi connectivity index (χ0n) is 7.04. The summed E-state index contributed by atoms with van der Waals surface area (Å²) in [6, 6.07) is 6.64. The molecule has 0 N–H and O–H groups in total. The maximum Gasteiger partial charge on any atom is 0.197 e. The average Bonchev–Trinajstić information content (AvgIpc) is 2.12. The Morgan fingerprint density at radius 3 is 3.00 bits per heavy atom. The summed E-state index contributed by atoms with van der Waals surface area (Å²) in [5.41, 5.74) is 0.386. The molecule has 0 aliphatic rings. The second kappa shape index (κ2) is 2.69. The first-order valence-corrected chi connectivity index (χ1v) is 3.85. The van der Waals surface area contributed by atoms with Gasteiger partial charge in [0.1, 0.15) is 5.82 Å². The quantitative estimate of drug-likeness (QED) is 0.595. The van der Waals surface area contributed by atoms with Crippen LogP contribution >= 0.6 is 0 Å². The van der Waals surface area contributed by atoms with Gasteiger partial charge in [0.25, 0.3) is 0 Å². The summed E-state index contributed by atoms with van der Waals surface area (Å²) in [4.78, 5) is 11.3. The van der Waals surface area contributed by atoms with Gasteiger partial charge in [-0.1, -0.05) is 0 Å². The molecular weight excluding hydrogens is 169 g/mol. The van der Waals surface area contributed by atoms with E-state index in [0.717, 1.165) is 0 Å². The molecule has 13 heavy (non-hydrogen) atoms. The Morgan fingerprint density at radius 2 is 2.23 bits per heavy atom. The highest BCUT2D eigenvalue weighted by Gasteiger charge is 2.01. The molecule has 0 atom stereocenters. The van der Waals surface area contributed by atoms with Gasteiger partial charge in [0.2, 0.25) is 0 Å². The van der Waals surface area contributed by atoms with Crippen molar-refractivity contribution >= 4 is 10.9 Å². The summed E-state index contributed by atoms with van der Waals surface area (Å²) in [5.74, 6) is -0.339. The maximum absolute atomic E-state index is 12.8. The van der Waals surface area contributed by atoms with Gasteiger partial charge in [-0.15, -0.1) is 0 Å². The fourth-order valence-corrected chi connectivity index (χ4v) is 1.29. The SMILES string of the molecule is Cn1c[c]c(=O)c2ccc(F)cc21. The molecule has 0 bridgehead atoms. The summed E-state index contributed by atoms with van der Waals surface area (Å²) >= 11 is 0. The Kier molecular flexibility index (Phi) is 1.65. The van der Waals surface area contributed by atoms with Gasteiger partial charge in [0.05, 0.1) is 11.6 Å². The van der Waals surface area contributed by atoms with E-state index in [4.69, 9.17) is 0 Å². The molecule has 0 saturated carbocycles. The molecule has 0 aliphatic heterocycles.